The van der Waals surface area contributed by atoms with E-state index in [0.29, 0.717) is 16.8 Å². The molecule has 2 heterocycles. The fourth-order valence-corrected chi connectivity index (χ4v) is 7.41. The number of nitrogens with zero attached hydrogens (tertiary/aromatic N) is 5. The van der Waals surface area contributed by atoms with E-state index >= 15 is 0 Å². The minimum atomic E-state index is 0.504. The molecule has 2 aromatic heterocycles. The Morgan fingerprint density at radius 1 is 0.480 bits per heavy atom. The Bertz CT molecular complexity index is 2920. The molecule has 9 rings (SSSR count). The van der Waals surface area contributed by atoms with Gasteiger partial charge >= 0.3 is 0 Å². The summed E-state index contributed by atoms with van der Waals surface area (Å²) in [5.41, 5.74) is 11.3. The van der Waals surface area contributed by atoms with Gasteiger partial charge in [-0.15, -0.1) is 0 Å². The molecule has 230 valence electrons. The molecule has 0 spiro atoms. The highest BCUT2D eigenvalue weighted by Gasteiger charge is 2.19. The topological polar surface area (TPSA) is 61.8 Å². The summed E-state index contributed by atoms with van der Waals surface area (Å²) in [5.74, 6) is 0. The summed E-state index contributed by atoms with van der Waals surface area (Å²) in [6, 6.07) is 55.7. The first-order valence-corrected chi connectivity index (χ1v) is 16.3. The number of aromatic nitrogens is 2. The van der Waals surface area contributed by atoms with Crippen LogP contribution in [0.4, 0.5) is 5.69 Å². The minimum absolute atomic E-state index is 0.504. The Balaban J connectivity index is 1.24. The molecule has 5 nitrogen and oxygen atoms in total. The molecule has 50 heavy (non-hydrogen) atoms. The second kappa shape index (κ2) is 11.4. The lowest BCUT2D eigenvalue weighted by Gasteiger charge is -2.15. The smallest absolute Gasteiger partial charge is 0.211 e. The first-order chi connectivity index (χ1) is 24.7. The zero-order valence-electron chi connectivity index (χ0n) is 26.7. The number of benzene rings is 7. The van der Waals surface area contributed by atoms with E-state index in [-0.39, 0.29) is 0 Å². The molecule has 0 saturated heterocycles. The number of fused-ring (bicyclic) bond motifs is 6. The number of para-hydroxylation sites is 4. The molecule has 0 radical (unpaired) electrons. The number of nitriles is 2. The molecule has 0 unspecified atom stereocenters. The number of hydrogen-bond acceptors (Lipinski definition) is 2. The van der Waals surface area contributed by atoms with Crippen LogP contribution in [0.2, 0.25) is 0 Å². The van der Waals surface area contributed by atoms with Crippen molar-refractivity contribution in [3.63, 3.8) is 0 Å². The Morgan fingerprint density at radius 2 is 1.14 bits per heavy atom. The van der Waals surface area contributed by atoms with E-state index in [1.807, 2.05) is 47.0 Å². The van der Waals surface area contributed by atoms with Gasteiger partial charge in [-0.2, -0.15) is 10.5 Å². The summed E-state index contributed by atoms with van der Waals surface area (Å²) in [5, 5.41) is 24.1. The first kappa shape index (κ1) is 28.8. The zero-order chi connectivity index (χ0) is 33.8. The van der Waals surface area contributed by atoms with E-state index < -0.39 is 0 Å². The maximum absolute atomic E-state index is 10.2. The van der Waals surface area contributed by atoms with Gasteiger partial charge in [0.25, 0.3) is 0 Å². The predicted octanol–water partition coefficient (Wildman–Crippen LogP) is 11.5. The molecular formula is C45H25N5. The quantitative estimate of drug-likeness (QED) is 0.181. The van der Waals surface area contributed by atoms with Gasteiger partial charge in [-0.1, -0.05) is 91.0 Å². The van der Waals surface area contributed by atoms with Crippen molar-refractivity contribution in [2.45, 2.75) is 0 Å². The summed E-state index contributed by atoms with van der Waals surface area (Å²) >= 11 is 0. The predicted molar refractivity (Wildman–Crippen MR) is 202 cm³/mol. The third kappa shape index (κ3) is 4.38. The molecular weight excluding hydrogens is 611 g/mol. The van der Waals surface area contributed by atoms with E-state index in [1.165, 1.54) is 10.8 Å². The van der Waals surface area contributed by atoms with Crippen LogP contribution in [0, 0.1) is 29.2 Å². The lowest BCUT2D eigenvalue weighted by Crippen LogP contribution is -1.97. The van der Waals surface area contributed by atoms with Crippen molar-refractivity contribution in [3.05, 3.63) is 174 Å². The molecule has 5 heteroatoms. The van der Waals surface area contributed by atoms with Crippen molar-refractivity contribution in [1.82, 2.24) is 9.13 Å². The largest absolute Gasteiger partial charge is 0.319 e. The van der Waals surface area contributed by atoms with E-state index in [2.05, 4.69) is 125 Å². The second-order valence-corrected chi connectivity index (χ2v) is 12.3. The molecule has 0 aliphatic rings. The van der Waals surface area contributed by atoms with Crippen LogP contribution in [0.1, 0.15) is 11.1 Å². The van der Waals surface area contributed by atoms with Gasteiger partial charge in [-0.25, -0.2) is 4.85 Å². The van der Waals surface area contributed by atoms with Crippen molar-refractivity contribution in [2.24, 2.45) is 0 Å². The first-order valence-electron chi connectivity index (χ1n) is 16.3. The molecule has 0 bridgehead atoms. The normalized spacial score (nSPS) is 11.1. The van der Waals surface area contributed by atoms with Crippen LogP contribution in [0.25, 0.3) is 82.1 Å². The fourth-order valence-electron chi connectivity index (χ4n) is 7.41. The molecule has 0 aliphatic heterocycles. The maximum Gasteiger partial charge on any atom is 0.211 e. The van der Waals surface area contributed by atoms with Gasteiger partial charge in [0.1, 0.15) is 0 Å². The third-order valence-corrected chi connectivity index (χ3v) is 9.55. The minimum Gasteiger partial charge on any atom is -0.319 e. The van der Waals surface area contributed by atoms with Crippen LogP contribution >= 0.6 is 0 Å². The summed E-state index contributed by atoms with van der Waals surface area (Å²) in [4.78, 5) is 3.86. The molecule has 0 N–H and O–H groups in total. The highest BCUT2D eigenvalue weighted by atomic mass is 15.0. The molecule has 0 amide bonds. The molecule has 0 aliphatic carbocycles. The van der Waals surface area contributed by atoms with Crippen LogP contribution in [0.3, 0.4) is 0 Å². The SMILES string of the molecule is [C-]#[N+]c1cccc2c3cc(C#N)ccc3n(-c3cc(C#N)cc(-c4cccc(-c5ccccc5-n5c6ccccc6c6ccccc65)c4)c3)c12. The Kier molecular flexibility index (Phi) is 6.56. The Labute approximate surface area is 288 Å². The number of rotatable bonds is 4. The fraction of sp³-hybridized carbons (Fsp3) is 0. The van der Waals surface area contributed by atoms with Crippen LogP contribution < -0.4 is 0 Å². The monoisotopic (exact) mass is 635 g/mol. The standard InChI is InChI=1S/C45H25N5/c1-48-40-16-9-15-38-39-24-29(27-46)20-21-44(39)49(45(38)40)34-23-30(28-47)22-33(26-34)31-10-8-11-32(25-31)35-12-2-5-17-41(35)50-42-18-6-3-13-36(42)37-14-4-7-19-43(37)50/h2-26H. The summed E-state index contributed by atoms with van der Waals surface area (Å²) < 4.78 is 4.39. The Morgan fingerprint density at radius 3 is 1.90 bits per heavy atom. The lowest BCUT2D eigenvalue weighted by atomic mass is 9.96. The van der Waals surface area contributed by atoms with E-state index in [1.54, 1.807) is 6.07 Å². The molecule has 0 saturated carbocycles. The molecule has 7 aromatic carbocycles. The van der Waals surface area contributed by atoms with Crippen LogP contribution in [-0.4, -0.2) is 9.13 Å². The van der Waals surface area contributed by atoms with Crippen molar-refractivity contribution >= 4 is 49.3 Å². The van der Waals surface area contributed by atoms with Gasteiger partial charge in [0, 0.05) is 27.4 Å². The molecule has 9 aromatic rings. The Hall–Kier alpha value is -7.39. The lowest BCUT2D eigenvalue weighted by molar-refractivity contribution is 1.18. The highest BCUT2D eigenvalue weighted by molar-refractivity contribution is 6.14. The maximum atomic E-state index is 10.2. The average molecular weight is 636 g/mol. The van der Waals surface area contributed by atoms with Crippen molar-refractivity contribution in [2.75, 3.05) is 0 Å². The van der Waals surface area contributed by atoms with E-state index in [4.69, 9.17) is 6.57 Å². The summed E-state index contributed by atoms with van der Waals surface area (Å²) in [6.45, 7) is 7.96. The third-order valence-electron chi connectivity index (χ3n) is 9.55. The average Bonchev–Trinajstić information content (AvgIpc) is 3.70. The van der Waals surface area contributed by atoms with Crippen LogP contribution in [0.15, 0.2) is 152 Å². The van der Waals surface area contributed by atoms with Gasteiger partial charge in [0.05, 0.1) is 57.6 Å². The highest BCUT2D eigenvalue weighted by Crippen LogP contribution is 2.40. The molecule has 0 atom stereocenters. The van der Waals surface area contributed by atoms with Crippen molar-refractivity contribution in [1.29, 1.82) is 10.5 Å². The number of hydrogen-bond donors (Lipinski definition) is 0. The van der Waals surface area contributed by atoms with Crippen molar-refractivity contribution in [3.8, 4) is 45.8 Å². The van der Waals surface area contributed by atoms with E-state index in [9.17, 15) is 10.5 Å². The summed E-state index contributed by atoms with van der Waals surface area (Å²) in [7, 11) is 0. The second-order valence-electron chi connectivity index (χ2n) is 12.3. The van der Waals surface area contributed by atoms with Gasteiger partial charge < -0.3 is 9.13 Å². The van der Waals surface area contributed by atoms with Crippen molar-refractivity contribution < 1.29 is 0 Å². The van der Waals surface area contributed by atoms with E-state index in [0.717, 1.165) is 66.5 Å². The molecule has 0 fully saturated rings. The van der Waals surface area contributed by atoms with Crippen LogP contribution in [-0.2, 0) is 0 Å². The van der Waals surface area contributed by atoms with Gasteiger partial charge in [-0.05, 0) is 82.7 Å². The van der Waals surface area contributed by atoms with Crippen LogP contribution in [0.5, 0.6) is 0 Å². The zero-order valence-corrected chi connectivity index (χ0v) is 26.7. The van der Waals surface area contributed by atoms with Gasteiger partial charge in [0.15, 0.2) is 0 Å². The van der Waals surface area contributed by atoms with Gasteiger partial charge in [0.2, 0.25) is 5.69 Å². The summed E-state index contributed by atoms with van der Waals surface area (Å²) in [6.07, 6.45) is 0. The van der Waals surface area contributed by atoms with Gasteiger partial charge in [-0.3, -0.25) is 0 Å².